The molecular formula is C15H21F2NO. The van der Waals surface area contributed by atoms with E-state index in [4.69, 9.17) is 0 Å². The Hall–Kier alpha value is -1.32. The number of fused-ring (bicyclic) bond motifs is 1. The number of anilines is 1. The molecule has 0 saturated heterocycles. The summed E-state index contributed by atoms with van der Waals surface area (Å²) in [7, 11) is 0. The third-order valence-corrected chi connectivity index (χ3v) is 4.00. The molecule has 2 rings (SSSR count). The molecule has 2 unspecified atom stereocenters. The van der Waals surface area contributed by atoms with Crippen molar-refractivity contribution >= 4 is 5.69 Å². The van der Waals surface area contributed by atoms with Crippen molar-refractivity contribution < 1.29 is 13.5 Å². The molecule has 1 aliphatic heterocycles. The molecule has 0 saturated carbocycles. The molecule has 0 aliphatic carbocycles. The minimum absolute atomic E-state index is 0.251. The maximum atomic E-state index is 12.3. The number of ether oxygens (including phenoxy) is 1. The molecule has 1 N–H and O–H groups in total. The summed E-state index contributed by atoms with van der Waals surface area (Å²) in [5, 5.41) is 3.36. The average Bonchev–Trinajstić information content (AvgIpc) is 2.72. The topological polar surface area (TPSA) is 21.3 Å². The lowest BCUT2D eigenvalue weighted by Gasteiger charge is -2.26. The highest BCUT2D eigenvalue weighted by atomic mass is 19.3. The molecule has 0 radical (unpaired) electrons. The van der Waals surface area contributed by atoms with E-state index in [1.165, 1.54) is 0 Å². The van der Waals surface area contributed by atoms with Gasteiger partial charge in [0.25, 0.3) is 0 Å². The van der Waals surface area contributed by atoms with Gasteiger partial charge in [0, 0.05) is 18.2 Å². The quantitative estimate of drug-likeness (QED) is 0.851. The summed E-state index contributed by atoms with van der Waals surface area (Å²) >= 11 is 0. The van der Waals surface area contributed by atoms with Crippen molar-refractivity contribution in [1.29, 1.82) is 0 Å². The Kier molecular flexibility index (Phi) is 4.27. The Bertz CT molecular complexity index is 434. The normalized spacial score (nSPS) is 19.4. The van der Waals surface area contributed by atoms with E-state index in [9.17, 15) is 8.78 Å². The van der Waals surface area contributed by atoms with Crippen molar-refractivity contribution in [3.05, 3.63) is 23.8 Å². The number of nitrogens with one attached hydrogen (secondary N) is 1. The first-order valence-electron chi connectivity index (χ1n) is 6.85. The van der Waals surface area contributed by atoms with E-state index in [0.717, 1.165) is 24.2 Å². The van der Waals surface area contributed by atoms with Crippen LogP contribution in [0.4, 0.5) is 14.5 Å². The molecule has 2 atom stereocenters. The summed E-state index contributed by atoms with van der Waals surface area (Å²) in [6.45, 7) is 4.72. The van der Waals surface area contributed by atoms with Gasteiger partial charge in [-0.15, -0.1) is 0 Å². The number of hydrogen-bond donors (Lipinski definition) is 1. The van der Waals surface area contributed by atoms with Crippen molar-refractivity contribution in [3.63, 3.8) is 0 Å². The molecular weight excluding hydrogens is 248 g/mol. The zero-order chi connectivity index (χ0) is 14.0. The molecule has 1 heterocycles. The Morgan fingerprint density at radius 3 is 2.68 bits per heavy atom. The van der Waals surface area contributed by atoms with E-state index in [-0.39, 0.29) is 5.75 Å². The van der Waals surface area contributed by atoms with Crippen LogP contribution < -0.4 is 10.1 Å². The number of alkyl halides is 2. The number of benzene rings is 1. The van der Waals surface area contributed by atoms with Gasteiger partial charge in [-0.3, -0.25) is 0 Å². The SMILES string of the molecule is CCC(C(C)C)C1CNc2ccc(OC(F)F)cc21. The highest BCUT2D eigenvalue weighted by molar-refractivity contribution is 5.60. The lowest BCUT2D eigenvalue weighted by Crippen LogP contribution is -2.19. The molecule has 0 aromatic heterocycles. The molecule has 0 fully saturated rings. The van der Waals surface area contributed by atoms with Crippen molar-refractivity contribution in [1.82, 2.24) is 0 Å². The van der Waals surface area contributed by atoms with Crippen LogP contribution in [-0.2, 0) is 0 Å². The van der Waals surface area contributed by atoms with Gasteiger partial charge in [0.1, 0.15) is 5.75 Å². The predicted molar refractivity (Wildman–Crippen MR) is 72.9 cm³/mol. The van der Waals surface area contributed by atoms with E-state index in [0.29, 0.717) is 17.8 Å². The summed E-state index contributed by atoms with van der Waals surface area (Å²) < 4.78 is 29.1. The van der Waals surface area contributed by atoms with Crippen molar-refractivity contribution in [2.75, 3.05) is 11.9 Å². The molecule has 19 heavy (non-hydrogen) atoms. The number of hydrogen-bond acceptors (Lipinski definition) is 2. The molecule has 0 amide bonds. The summed E-state index contributed by atoms with van der Waals surface area (Å²) in [5.41, 5.74) is 2.16. The molecule has 2 nitrogen and oxygen atoms in total. The first kappa shape index (κ1) is 14.1. The largest absolute Gasteiger partial charge is 0.435 e. The van der Waals surface area contributed by atoms with Crippen molar-refractivity contribution in [2.45, 2.75) is 39.7 Å². The lowest BCUT2D eigenvalue weighted by atomic mass is 9.79. The van der Waals surface area contributed by atoms with Crippen LogP contribution in [0.25, 0.3) is 0 Å². The molecule has 0 bridgehead atoms. The zero-order valence-corrected chi connectivity index (χ0v) is 11.6. The Morgan fingerprint density at radius 2 is 2.11 bits per heavy atom. The summed E-state index contributed by atoms with van der Waals surface area (Å²) in [6.07, 6.45) is 1.09. The van der Waals surface area contributed by atoms with Crippen LogP contribution >= 0.6 is 0 Å². The first-order valence-corrected chi connectivity index (χ1v) is 6.85. The summed E-state index contributed by atoms with van der Waals surface area (Å²) in [5.74, 6) is 1.75. The number of halogens is 2. The third kappa shape index (κ3) is 2.99. The Labute approximate surface area is 113 Å². The number of rotatable bonds is 5. The van der Waals surface area contributed by atoms with Gasteiger partial charge in [0.05, 0.1) is 0 Å². The van der Waals surface area contributed by atoms with Gasteiger partial charge in [-0.2, -0.15) is 8.78 Å². The van der Waals surface area contributed by atoms with Gasteiger partial charge in [-0.05, 0) is 35.6 Å². The lowest BCUT2D eigenvalue weighted by molar-refractivity contribution is -0.0498. The molecule has 106 valence electrons. The van der Waals surface area contributed by atoms with Crippen LogP contribution in [0.1, 0.15) is 38.7 Å². The summed E-state index contributed by atoms with van der Waals surface area (Å²) in [6, 6.07) is 5.19. The Balaban J connectivity index is 2.26. The predicted octanol–water partition coefficient (Wildman–Crippen LogP) is 4.48. The maximum absolute atomic E-state index is 12.3. The van der Waals surface area contributed by atoms with Gasteiger partial charge in [-0.1, -0.05) is 27.2 Å². The zero-order valence-electron chi connectivity index (χ0n) is 11.6. The standard InChI is InChI=1S/C15H21F2NO/c1-4-11(9(2)3)13-8-18-14-6-5-10(7-12(13)14)19-15(16)17/h5-7,9,11,13,15,18H,4,8H2,1-3H3. The average molecular weight is 269 g/mol. The third-order valence-electron chi connectivity index (χ3n) is 4.00. The molecule has 1 aliphatic rings. The smallest absolute Gasteiger partial charge is 0.387 e. The van der Waals surface area contributed by atoms with E-state index < -0.39 is 6.61 Å². The monoisotopic (exact) mass is 269 g/mol. The van der Waals surface area contributed by atoms with Crippen LogP contribution in [0, 0.1) is 11.8 Å². The Morgan fingerprint density at radius 1 is 1.37 bits per heavy atom. The fourth-order valence-electron chi connectivity index (χ4n) is 3.12. The fraction of sp³-hybridized carbons (Fsp3) is 0.600. The molecule has 1 aromatic rings. The van der Waals surface area contributed by atoms with Gasteiger partial charge in [-0.25, -0.2) is 0 Å². The minimum atomic E-state index is -2.77. The minimum Gasteiger partial charge on any atom is -0.435 e. The van der Waals surface area contributed by atoms with Crippen LogP contribution in [0.2, 0.25) is 0 Å². The van der Waals surface area contributed by atoms with Crippen molar-refractivity contribution in [3.8, 4) is 5.75 Å². The summed E-state index contributed by atoms with van der Waals surface area (Å²) in [4.78, 5) is 0. The van der Waals surface area contributed by atoms with Gasteiger partial charge in [0.2, 0.25) is 0 Å². The van der Waals surface area contributed by atoms with Gasteiger partial charge < -0.3 is 10.1 Å². The van der Waals surface area contributed by atoms with E-state index in [1.807, 2.05) is 6.07 Å². The van der Waals surface area contributed by atoms with Crippen molar-refractivity contribution in [2.24, 2.45) is 11.8 Å². The van der Waals surface area contributed by atoms with E-state index in [1.54, 1.807) is 12.1 Å². The second kappa shape index (κ2) is 5.76. The van der Waals surface area contributed by atoms with Crippen LogP contribution in [-0.4, -0.2) is 13.2 Å². The van der Waals surface area contributed by atoms with E-state index >= 15 is 0 Å². The molecule has 4 heteroatoms. The van der Waals surface area contributed by atoms with Crippen LogP contribution in [0.3, 0.4) is 0 Å². The molecule has 0 spiro atoms. The van der Waals surface area contributed by atoms with Crippen LogP contribution in [0.15, 0.2) is 18.2 Å². The second-order valence-electron chi connectivity index (χ2n) is 5.43. The highest BCUT2D eigenvalue weighted by Gasteiger charge is 2.31. The highest BCUT2D eigenvalue weighted by Crippen LogP contribution is 2.42. The van der Waals surface area contributed by atoms with E-state index in [2.05, 4.69) is 30.8 Å². The van der Waals surface area contributed by atoms with Gasteiger partial charge in [0.15, 0.2) is 0 Å². The molecule has 1 aromatic carbocycles. The van der Waals surface area contributed by atoms with Crippen LogP contribution in [0.5, 0.6) is 5.75 Å². The maximum Gasteiger partial charge on any atom is 0.387 e. The second-order valence-corrected chi connectivity index (χ2v) is 5.43. The van der Waals surface area contributed by atoms with Gasteiger partial charge >= 0.3 is 6.61 Å². The fourth-order valence-corrected chi connectivity index (χ4v) is 3.12. The first-order chi connectivity index (χ1) is 9.02.